The van der Waals surface area contributed by atoms with Crippen LogP contribution in [-0.2, 0) is 0 Å². The van der Waals surface area contributed by atoms with Crippen molar-refractivity contribution < 1.29 is 8.78 Å². The summed E-state index contributed by atoms with van der Waals surface area (Å²) in [6.07, 6.45) is 3.78. The second kappa shape index (κ2) is 6.80. The summed E-state index contributed by atoms with van der Waals surface area (Å²) >= 11 is 0. The van der Waals surface area contributed by atoms with Crippen LogP contribution in [0.2, 0.25) is 0 Å². The van der Waals surface area contributed by atoms with Gasteiger partial charge in [-0.25, -0.2) is 8.78 Å². The average molecular weight is 368 g/mol. The molecular weight excluding hydrogens is 346 g/mol. The van der Waals surface area contributed by atoms with Gasteiger partial charge in [0.2, 0.25) is 0 Å². The van der Waals surface area contributed by atoms with Crippen molar-refractivity contribution in [1.29, 1.82) is 0 Å². The van der Waals surface area contributed by atoms with E-state index in [1.807, 2.05) is 9.47 Å². The third-order valence-electron chi connectivity index (χ3n) is 5.48. The van der Waals surface area contributed by atoms with Gasteiger partial charge in [-0.1, -0.05) is 6.92 Å². The minimum Gasteiger partial charge on any atom is -0.369 e. The highest BCUT2D eigenvalue weighted by Crippen LogP contribution is 2.30. The Kier molecular flexibility index (Phi) is 4.46. The summed E-state index contributed by atoms with van der Waals surface area (Å²) in [6.45, 7) is 5.52. The summed E-state index contributed by atoms with van der Waals surface area (Å²) in [7, 11) is 0. The summed E-state index contributed by atoms with van der Waals surface area (Å²) in [5.74, 6) is -0.0507. The lowest BCUT2D eigenvalue weighted by Gasteiger charge is -2.32. The molecule has 0 saturated carbocycles. The van der Waals surface area contributed by atoms with E-state index in [0.29, 0.717) is 28.1 Å². The highest BCUT2D eigenvalue weighted by atomic mass is 19.1. The molecule has 2 heterocycles. The van der Waals surface area contributed by atoms with Gasteiger partial charge in [-0.15, -0.1) is 0 Å². The van der Waals surface area contributed by atoms with Crippen LogP contribution in [0.3, 0.4) is 0 Å². The zero-order chi connectivity index (χ0) is 19.1. The van der Waals surface area contributed by atoms with Crippen LogP contribution in [-0.4, -0.2) is 17.7 Å². The molecule has 1 saturated heterocycles. The topological polar surface area (TPSA) is 25.2 Å². The predicted octanol–water partition coefficient (Wildman–Crippen LogP) is 4.81. The predicted molar refractivity (Wildman–Crippen MR) is 105 cm³/mol. The number of anilines is 1. The molecule has 2 aromatic carbocycles. The maximum Gasteiger partial charge on any atom is 0.192 e. The zero-order valence-corrected chi connectivity index (χ0v) is 15.5. The molecule has 4 rings (SSSR count). The van der Waals surface area contributed by atoms with Gasteiger partial charge < -0.3 is 9.47 Å². The fourth-order valence-corrected chi connectivity index (χ4v) is 3.77. The van der Waals surface area contributed by atoms with Crippen molar-refractivity contribution in [3.05, 3.63) is 70.0 Å². The first-order valence-electron chi connectivity index (χ1n) is 9.30. The van der Waals surface area contributed by atoms with Crippen LogP contribution < -0.4 is 10.3 Å². The summed E-state index contributed by atoms with van der Waals surface area (Å²) in [5, 5.41) is 0.339. The molecule has 3 nitrogen and oxygen atoms in total. The van der Waals surface area contributed by atoms with E-state index >= 15 is 0 Å². The lowest BCUT2D eigenvalue weighted by atomic mass is 9.98. The molecule has 0 unspecified atom stereocenters. The normalized spacial score (nSPS) is 15.5. The van der Waals surface area contributed by atoms with Crippen LogP contribution in [0.25, 0.3) is 16.6 Å². The average Bonchev–Trinajstić information content (AvgIpc) is 2.66. The number of aromatic nitrogens is 1. The summed E-state index contributed by atoms with van der Waals surface area (Å²) in [5.41, 5.74) is 2.22. The Labute approximate surface area is 156 Å². The van der Waals surface area contributed by atoms with Crippen LogP contribution in [0, 0.1) is 24.5 Å². The Bertz CT molecular complexity index is 1050. The molecule has 0 amide bonds. The molecule has 140 valence electrons. The highest BCUT2D eigenvalue weighted by Gasteiger charge is 2.21. The van der Waals surface area contributed by atoms with Gasteiger partial charge in [0.15, 0.2) is 5.43 Å². The summed E-state index contributed by atoms with van der Waals surface area (Å²) in [6, 6.07) is 9.17. The second-order valence-corrected chi connectivity index (χ2v) is 7.48. The van der Waals surface area contributed by atoms with Crippen molar-refractivity contribution in [2.45, 2.75) is 26.7 Å². The third-order valence-corrected chi connectivity index (χ3v) is 5.48. The molecule has 5 heteroatoms. The van der Waals surface area contributed by atoms with Gasteiger partial charge in [0.1, 0.15) is 11.6 Å². The van der Waals surface area contributed by atoms with Gasteiger partial charge in [-0.2, -0.15) is 0 Å². The molecular formula is C22H22F2N2O. The van der Waals surface area contributed by atoms with Crippen molar-refractivity contribution in [3.63, 3.8) is 0 Å². The summed E-state index contributed by atoms with van der Waals surface area (Å²) in [4.78, 5) is 14.6. The molecule has 3 aromatic rings. The van der Waals surface area contributed by atoms with Gasteiger partial charge in [0, 0.05) is 35.9 Å². The molecule has 0 bridgehead atoms. The number of fused-ring (bicyclic) bond motifs is 1. The van der Waals surface area contributed by atoms with Gasteiger partial charge in [-0.05, 0) is 62.1 Å². The monoisotopic (exact) mass is 368 g/mol. The van der Waals surface area contributed by atoms with Gasteiger partial charge >= 0.3 is 0 Å². The second-order valence-electron chi connectivity index (χ2n) is 7.48. The number of nitrogens with zero attached hydrogens (tertiary/aromatic N) is 2. The number of piperidine rings is 1. The van der Waals surface area contributed by atoms with Crippen molar-refractivity contribution in [1.82, 2.24) is 4.57 Å². The Balaban J connectivity index is 1.92. The van der Waals surface area contributed by atoms with Crippen molar-refractivity contribution in [3.8, 4) is 5.69 Å². The number of hydrogen-bond acceptors (Lipinski definition) is 2. The van der Waals surface area contributed by atoms with E-state index in [-0.39, 0.29) is 17.1 Å². The molecule has 1 aliphatic rings. The van der Waals surface area contributed by atoms with E-state index in [0.717, 1.165) is 31.6 Å². The van der Waals surface area contributed by atoms with E-state index < -0.39 is 0 Å². The van der Waals surface area contributed by atoms with Gasteiger partial charge in [0.05, 0.1) is 11.2 Å². The fraction of sp³-hybridized carbons (Fsp3) is 0.318. The Morgan fingerprint density at radius 1 is 1.04 bits per heavy atom. The van der Waals surface area contributed by atoms with Crippen LogP contribution in [0.5, 0.6) is 0 Å². The molecule has 0 atom stereocenters. The number of hydrogen-bond donors (Lipinski definition) is 0. The van der Waals surface area contributed by atoms with Crippen molar-refractivity contribution >= 4 is 16.6 Å². The van der Waals surface area contributed by atoms with Crippen LogP contribution in [0.15, 0.2) is 47.4 Å². The van der Waals surface area contributed by atoms with E-state index in [2.05, 4.69) is 6.92 Å². The third kappa shape index (κ3) is 3.22. The van der Waals surface area contributed by atoms with E-state index in [9.17, 15) is 13.6 Å². The van der Waals surface area contributed by atoms with Gasteiger partial charge in [-0.3, -0.25) is 4.79 Å². The first-order valence-corrected chi connectivity index (χ1v) is 9.30. The SMILES string of the molecule is Cc1cn(-c2ccc(F)cc2)c2cc(N3CCC(C)CC3)c(F)cc2c1=O. The molecule has 0 N–H and O–H groups in total. The van der Waals surface area contributed by atoms with E-state index in [4.69, 9.17) is 0 Å². The molecule has 1 aromatic heterocycles. The number of pyridine rings is 1. The highest BCUT2D eigenvalue weighted by molar-refractivity contribution is 5.85. The largest absolute Gasteiger partial charge is 0.369 e. The molecule has 1 aliphatic heterocycles. The van der Waals surface area contributed by atoms with E-state index in [1.54, 1.807) is 31.3 Å². The minimum atomic E-state index is -0.370. The standard InChI is InChI=1S/C22H22F2N2O/c1-14-7-9-25(10-8-14)21-12-20-18(11-19(21)24)22(27)15(2)13-26(20)17-5-3-16(23)4-6-17/h3-6,11-14H,7-10H2,1-2H3. The Morgan fingerprint density at radius 2 is 1.70 bits per heavy atom. The number of rotatable bonds is 2. The quantitative estimate of drug-likeness (QED) is 0.648. The first-order chi connectivity index (χ1) is 12.9. The van der Waals surface area contributed by atoms with E-state index in [1.165, 1.54) is 18.2 Å². The molecule has 0 radical (unpaired) electrons. The van der Waals surface area contributed by atoms with Crippen LogP contribution in [0.1, 0.15) is 25.3 Å². The zero-order valence-electron chi connectivity index (χ0n) is 15.5. The lowest BCUT2D eigenvalue weighted by molar-refractivity contribution is 0.435. The minimum absolute atomic E-state index is 0.180. The smallest absolute Gasteiger partial charge is 0.192 e. The fourth-order valence-electron chi connectivity index (χ4n) is 3.77. The van der Waals surface area contributed by atoms with Crippen LogP contribution in [0.4, 0.5) is 14.5 Å². The molecule has 0 aliphatic carbocycles. The number of benzene rings is 2. The molecule has 1 fully saturated rings. The first kappa shape index (κ1) is 17.7. The Hall–Kier alpha value is -2.69. The van der Waals surface area contributed by atoms with Crippen molar-refractivity contribution in [2.24, 2.45) is 5.92 Å². The van der Waals surface area contributed by atoms with Crippen molar-refractivity contribution in [2.75, 3.05) is 18.0 Å². The number of halogens is 2. The maximum absolute atomic E-state index is 14.9. The lowest BCUT2D eigenvalue weighted by Crippen LogP contribution is -2.33. The molecule has 0 spiro atoms. The Morgan fingerprint density at radius 3 is 2.37 bits per heavy atom. The maximum atomic E-state index is 14.9. The van der Waals surface area contributed by atoms with Gasteiger partial charge in [0.25, 0.3) is 0 Å². The number of aryl methyl sites for hydroxylation is 1. The van der Waals surface area contributed by atoms with Crippen LogP contribution >= 0.6 is 0 Å². The molecule has 27 heavy (non-hydrogen) atoms. The summed E-state index contributed by atoms with van der Waals surface area (Å²) < 4.78 is 30.0.